The van der Waals surface area contributed by atoms with Crippen LogP contribution in [-0.4, -0.2) is 31.3 Å². The number of tetrazole rings is 1. The van der Waals surface area contributed by atoms with Gasteiger partial charge in [-0.3, -0.25) is 4.79 Å². The molecule has 9 heteroatoms. The van der Waals surface area contributed by atoms with E-state index >= 15 is 0 Å². The summed E-state index contributed by atoms with van der Waals surface area (Å²) in [5.74, 6) is -3.09. The van der Waals surface area contributed by atoms with Gasteiger partial charge in [-0.05, 0) is 22.6 Å². The minimum Gasteiger partial charge on any atom is -0.480 e. The van der Waals surface area contributed by atoms with Crippen LogP contribution in [0.2, 0.25) is 5.02 Å². The Bertz CT molecular complexity index is 617. The summed E-state index contributed by atoms with van der Waals surface area (Å²) in [7, 11) is 0. The second-order valence-corrected chi connectivity index (χ2v) is 3.71. The van der Waals surface area contributed by atoms with Gasteiger partial charge in [0.2, 0.25) is 0 Å². The molecular formula is C9H5ClF2N4O2. The van der Waals surface area contributed by atoms with Crippen LogP contribution in [0.1, 0.15) is 0 Å². The summed E-state index contributed by atoms with van der Waals surface area (Å²) in [5, 5.41) is 18.3. The van der Waals surface area contributed by atoms with E-state index in [0.29, 0.717) is 0 Å². The Hall–Kier alpha value is -2.09. The van der Waals surface area contributed by atoms with Gasteiger partial charge in [0.25, 0.3) is 0 Å². The van der Waals surface area contributed by atoms with Crippen molar-refractivity contribution >= 4 is 17.6 Å². The third-order valence-corrected chi connectivity index (χ3v) is 2.36. The van der Waals surface area contributed by atoms with Gasteiger partial charge in [0.15, 0.2) is 5.82 Å². The molecule has 0 bridgehead atoms. The van der Waals surface area contributed by atoms with E-state index in [2.05, 4.69) is 15.5 Å². The molecule has 0 spiro atoms. The van der Waals surface area contributed by atoms with Crippen molar-refractivity contribution in [2.24, 2.45) is 0 Å². The maximum absolute atomic E-state index is 13.6. The van der Waals surface area contributed by atoms with Crippen LogP contribution >= 0.6 is 11.6 Å². The van der Waals surface area contributed by atoms with Crippen LogP contribution in [0.25, 0.3) is 11.4 Å². The summed E-state index contributed by atoms with van der Waals surface area (Å²) >= 11 is 5.40. The molecule has 6 nitrogen and oxygen atoms in total. The normalized spacial score (nSPS) is 10.6. The summed E-state index contributed by atoms with van der Waals surface area (Å²) in [6.07, 6.45) is 0. The molecule has 0 saturated carbocycles. The molecule has 0 aliphatic carbocycles. The zero-order valence-corrected chi connectivity index (χ0v) is 9.40. The fraction of sp³-hybridized carbons (Fsp3) is 0.111. The van der Waals surface area contributed by atoms with Crippen molar-refractivity contribution in [3.05, 3.63) is 28.8 Å². The number of benzene rings is 1. The number of carboxylic acids is 1. The highest BCUT2D eigenvalue weighted by molar-refractivity contribution is 6.30. The molecule has 2 rings (SSSR count). The number of rotatable bonds is 3. The Morgan fingerprint density at radius 2 is 2.11 bits per heavy atom. The molecule has 94 valence electrons. The van der Waals surface area contributed by atoms with E-state index in [1.807, 2.05) is 0 Å². The van der Waals surface area contributed by atoms with Crippen molar-refractivity contribution in [3.8, 4) is 11.4 Å². The molecule has 0 aliphatic rings. The largest absolute Gasteiger partial charge is 0.480 e. The molecule has 0 atom stereocenters. The van der Waals surface area contributed by atoms with Gasteiger partial charge in [-0.1, -0.05) is 11.6 Å². The van der Waals surface area contributed by atoms with E-state index in [1.54, 1.807) is 0 Å². The lowest BCUT2D eigenvalue weighted by molar-refractivity contribution is -0.137. The van der Waals surface area contributed by atoms with Gasteiger partial charge >= 0.3 is 5.97 Å². The van der Waals surface area contributed by atoms with Crippen molar-refractivity contribution < 1.29 is 18.7 Å². The molecule has 1 aromatic heterocycles. The summed E-state index contributed by atoms with van der Waals surface area (Å²) in [6.45, 7) is -0.563. The summed E-state index contributed by atoms with van der Waals surface area (Å²) in [5.41, 5.74) is -0.261. The van der Waals surface area contributed by atoms with Crippen molar-refractivity contribution in [2.75, 3.05) is 0 Å². The van der Waals surface area contributed by atoms with Crippen LogP contribution in [0.5, 0.6) is 0 Å². The lowest BCUT2D eigenvalue weighted by Crippen LogP contribution is -2.12. The van der Waals surface area contributed by atoms with Crippen molar-refractivity contribution in [3.63, 3.8) is 0 Å². The number of hydrogen-bond acceptors (Lipinski definition) is 4. The second kappa shape index (κ2) is 4.65. The quantitative estimate of drug-likeness (QED) is 0.855. The Kier molecular flexibility index (Phi) is 3.19. The first-order chi connectivity index (χ1) is 8.49. The van der Waals surface area contributed by atoms with Gasteiger partial charge < -0.3 is 5.11 Å². The van der Waals surface area contributed by atoms with Gasteiger partial charge in [-0.15, -0.1) is 5.10 Å². The molecule has 0 saturated heterocycles. The molecule has 0 aliphatic heterocycles. The van der Waals surface area contributed by atoms with Crippen LogP contribution in [-0.2, 0) is 11.3 Å². The number of carbonyl (C=O) groups is 1. The van der Waals surface area contributed by atoms with Crippen LogP contribution < -0.4 is 0 Å². The Morgan fingerprint density at radius 3 is 2.78 bits per heavy atom. The monoisotopic (exact) mass is 274 g/mol. The van der Waals surface area contributed by atoms with E-state index in [4.69, 9.17) is 16.7 Å². The molecule has 2 aromatic rings. The maximum Gasteiger partial charge on any atom is 0.325 e. The molecule has 0 unspecified atom stereocenters. The number of nitrogens with zero attached hydrogens (tertiary/aromatic N) is 4. The van der Waals surface area contributed by atoms with E-state index in [1.165, 1.54) is 0 Å². The second-order valence-electron chi connectivity index (χ2n) is 3.30. The highest BCUT2D eigenvalue weighted by Gasteiger charge is 2.17. The molecule has 0 fully saturated rings. The first-order valence-electron chi connectivity index (χ1n) is 4.62. The van der Waals surface area contributed by atoms with Crippen LogP contribution in [0.15, 0.2) is 12.1 Å². The molecule has 1 heterocycles. The third-order valence-electron chi connectivity index (χ3n) is 2.07. The van der Waals surface area contributed by atoms with Crippen molar-refractivity contribution in [1.82, 2.24) is 20.2 Å². The molecule has 0 amide bonds. The molecule has 1 N–H and O–H groups in total. The SMILES string of the molecule is O=C(O)Cn1nnnc1-c1cc(F)c(Cl)cc1F. The topological polar surface area (TPSA) is 80.9 Å². The molecule has 0 radical (unpaired) electrons. The lowest BCUT2D eigenvalue weighted by atomic mass is 10.2. The number of carboxylic acid groups (broad SMARTS) is 1. The third kappa shape index (κ3) is 2.28. The van der Waals surface area contributed by atoms with E-state index in [9.17, 15) is 13.6 Å². The summed E-state index contributed by atoms with van der Waals surface area (Å²) in [6, 6.07) is 1.58. The van der Waals surface area contributed by atoms with Crippen molar-refractivity contribution in [1.29, 1.82) is 0 Å². The lowest BCUT2D eigenvalue weighted by Gasteiger charge is -2.04. The molecule has 18 heavy (non-hydrogen) atoms. The van der Waals surface area contributed by atoms with Gasteiger partial charge in [0, 0.05) is 0 Å². The van der Waals surface area contributed by atoms with E-state index in [-0.39, 0.29) is 16.4 Å². The van der Waals surface area contributed by atoms with E-state index < -0.39 is 24.1 Å². The highest BCUT2D eigenvalue weighted by atomic mass is 35.5. The predicted molar refractivity (Wildman–Crippen MR) is 55.8 cm³/mol. The highest BCUT2D eigenvalue weighted by Crippen LogP contribution is 2.25. The summed E-state index contributed by atoms with van der Waals surface area (Å²) < 4.78 is 27.7. The maximum atomic E-state index is 13.6. The van der Waals surface area contributed by atoms with E-state index in [0.717, 1.165) is 16.8 Å². The fourth-order valence-corrected chi connectivity index (χ4v) is 1.48. The minimum atomic E-state index is -1.21. The Labute approximate surface area is 104 Å². The average Bonchev–Trinajstić information content (AvgIpc) is 2.70. The van der Waals surface area contributed by atoms with Gasteiger partial charge in [0.05, 0.1) is 10.6 Å². The zero-order chi connectivity index (χ0) is 13.3. The molecule has 1 aromatic carbocycles. The first kappa shape index (κ1) is 12.4. The molecular weight excluding hydrogens is 270 g/mol. The van der Waals surface area contributed by atoms with Crippen LogP contribution in [0, 0.1) is 11.6 Å². The first-order valence-corrected chi connectivity index (χ1v) is 4.99. The van der Waals surface area contributed by atoms with Crippen molar-refractivity contribution in [2.45, 2.75) is 6.54 Å². The number of aliphatic carboxylic acids is 1. The fourth-order valence-electron chi connectivity index (χ4n) is 1.33. The standard InChI is InChI=1S/C9H5ClF2N4O2/c10-5-2-6(11)4(1-7(5)12)9-13-14-15-16(9)3-8(17)18/h1-2H,3H2,(H,17,18). The van der Waals surface area contributed by atoms with Gasteiger partial charge in [-0.2, -0.15) is 0 Å². The minimum absolute atomic E-state index is 0.189. The van der Waals surface area contributed by atoms with Crippen LogP contribution in [0.4, 0.5) is 8.78 Å². The van der Waals surface area contributed by atoms with Gasteiger partial charge in [-0.25, -0.2) is 13.5 Å². The smallest absolute Gasteiger partial charge is 0.325 e. The Balaban J connectivity index is 2.52. The number of halogens is 3. The average molecular weight is 275 g/mol. The zero-order valence-electron chi connectivity index (χ0n) is 8.64. The predicted octanol–water partition coefficient (Wildman–Crippen LogP) is 1.36. The van der Waals surface area contributed by atoms with Gasteiger partial charge in [0.1, 0.15) is 18.2 Å². The van der Waals surface area contributed by atoms with Crippen LogP contribution in [0.3, 0.4) is 0 Å². The number of aromatic nitrogens is 4. The number of hydrogen-bond donors (Lipinski definition) is 1. The Morgan fingerprint density at radius 1 is 1.39 bits per heavy atom. The summed E-state index contributed by atoms with van der Waals surface area (Å²) in [4.78, 5) is 10.6.